The van der Waals surface area contributed by atoms with Gasteiger partial charge in [0, 0.05) is 17.1 Å². The molecule has 7 heteroatoms. The molecule has 0 aliphatic rings. The van der Waals surface area contributed by atoms with Gasteiger partial charge in [-0.1, -0.05) is 41.9 Å². The zero-order valence-corrected chi connectivity index (χ0v) is 18.7. The fourth-order valence-electron chi connectivity index (χ4n) is 3.39. The third-order valence-corrected chi connectivity index (χ3v) is 5.32. The number of carbonyl (C=O) groups excluding carboxylic acids is 1. The largest absolute Gasteiger partial charge is 0.497 e. The van der Waals surface area contributed by atoms with Crippen LogP contribution < -0.4 is 20.2 Å². The van der Waals surface area contributed by atoms with Crippen LogP contribution in [0.1, 0.15) is 5.56 Å². The second-order valence-corrected chi connectivity index (χ2v) is 7.77. The Bertz CT molecular complexity index is 1320. The van der Waals surface area contributed by atoms with Gasteiger partial charge in [0.1, 0.15) is 11.3 Å². The number of methoxy groups -OCH3 is 1. The fourth-order valence-corrected chi connectivity index (χ4v) is 3.57. The Labute approximate surface area is 195 Å². The third-order valence-electron chi connectivity index (χ3n) is 5.09. The minimum atomic E-state index is -0.401. The van der Waals surface area contributed by atoms with Gasteiger partial charge in [0.25, 0.3) is 5.91 Å². The van der Waals surface area contributed by atoms with Crippen molar-refractivity contribution in [3.8, 4) is 22.8 Å². The van der Waals surface area contributed by atoms with E-state index in [1.807, 2.05) is 30.3 Å². The van der Waals surface area contributed by atoms with Crippen molar-refractivity contribution < 1.29 is 18.7 Å². The van der Waals surface area contributed by atoms with E-state index < -0.39 is 5.43 Å². The molecular formula is C26H22ClNO5. The van der Waals surface area contributed by atoms with Crippen LogP contribution in [-0.4, -0.2) is 26.2 Å². The minimum absolute atomic E-state index is 0.0480. The first kappa shape index (κ1) is 22.4. The third kappa shape index (κ3) is 5.35. The van der Waals surface area contributed by atoms with Crippen LogP contribution in [0.5, 0.6) is 11.5 Å². The molecule has 0 saturated carbocycles. The Morgan fingerprint density at radius 3 is 2.52 bits per heavy atom. The van der Waals surface area contributed by atoms with Crippen molar-refractivity contribution in [2.24, 2.45) is 0 Å². The molecule has 1 heterocycles. The number of fused-ring (bicyclic) bond motifs is 1. The van der Waals surface area contributed by atoms with E-state index in [4.69, 9.17) is 25.5 Å². The summed E-state index contributed by atoms with van der Waals surface area (Å²) in [6.45, 7) is 0.133. The van der Waals surface area contributed by atoms with Crippen LogP contribution >= 0.6 is 11.6 Å². The predicted molar refractivity (Wildman–Crippen MR) is 128 cm³/mol. The maximum Gasteiger partial charge on any atom is 0.257 e. The molecule has 1 amide bonds. The van der Waals surface area contributed by atoms with Gasteiger partial charge in [-0.15, -0.1) is 0 Å². The lowest BCUT2D eigenvalue weighted by atomic mass is 10.1. The highest BCUT2D eigenvalue weighted by Gasteiger charge is 2.19. The van der Waals surface area contributed by atoms with Gasteiger partial charge in [0.05, 0.1) is 12.5 Å². The molecule has 6 nitrogen and oxygen atoms in total. The second kappa shape index (κ2) is 10.2. The molecule has 168 valence electrons. The van der Waals surface area contributed by atoms with E-state index in [0.717, 1.165) is 5.56 Å². The van der Waals surface area contributed by atoms with E-state index >= 15 is 0 Å². The lowest BCUT2D eigenvalue weighted by molar-refractivity contribution is -0.123. The molecule has 4 rings (SSSR count). The Kier molecular flexibility index (Phi) is 6.95. The van der Waals surface area contributed by atoms with Crippen LogP contribution in [0.25, 0.3) is 22.3 Å². The van der Waals surface area contributed by atoms with Crippen molar-refractivity contribution >= 4 is 28.5 Å². The van der Waals surface area contributed by atoms with Gasteiger partial charge >= 0.3 is 0 Å². The maximum atomic E-state index is 13.2. The molecule has 33 heavy (non-hydrogen) atoms. The molecule has 1 aromatic heterocycles. The van der Waals surface area contributed by atoms with Crippen LogP contribution in [0.2, 0.25) is 5.02 Å². The average molecular weight is 464 g/mol. The van der Waals surface area contributed by atoms with Crippen molar-refractivity contribution in [2.75, 3.05) is 20.3 Å². The number of benzene rings is 3. The van der Waals surface area contributed by atoms with Crippen molar-refractivity contribution in [3.63, 3.8) is 0 Å². The highest BCUT2D eigenvalue weighted by atomic mass is 35.5. The SMILES string of the molecule is COc1ccc(-c2oc3ccc(Cl)cc3c(=O)c2OCC(=O)NCCc2ccccc2)cc1. The molecule has 0 atom stereocenters. The molecular weight excluding hydrogens is 442 g/mol. The molecule has 3 aromatic carbocycles. The van der Waals surface area contributed by atoms with Crippen LogP contribution in [0.15, 0.2) is 82.0 Å². The smallest absolute Gasteiger partial charge is 0.257 e. The normalized spacial score (nSPS) is 10.7. The molecule has 0 radical (unpaired) electrons. The lowest BCUT2D eigenvalue weighted by Crippen LogP contribution is -2.31. The molecule has 4 aromatic rings. The standard InChI is InChI=1S/C26H22ClNO5/c1-31-20-10-7-18(8-11-20)25-26(24(30)21-15-19(27)9-12-22(21)33-25)32-16-23(29)28-14-13-17-5-3-2-4-6-17/h2-12,15H,13-14,16H2,1H3,(H,28,29). The summed E-state index contributed by atoms with van der Waals surface area (Å²) in [4.78, 5) is 25.6. The lowest BCUT2D eigenvalue weighted by Gasteiger charge is -2.12. The van der Waals surface area contributed by atoms with Gasteiger partial charge in [-0.2, -0.15) is 0 Å². The Hall–Kier alpha value is -3.77. The number of ether oxygens (including phenoxy) is 2. The zero-order chi connectivity index (χ0) is 23.2. The molecule has 1 N–H and O–H groups in total. The fraction of sp³-hybridized carbons (Fsp3) is 0.154. The van der Waals surface area contributed by atoms with Gasteiger partial charge in [0.2, 0.25) is 11.2 Å². The molecule has 0 unspecified atom stereocenters. The van der Waals surface area contributed by atoms with Crippen LogP contribution in [0.3, 0.4) is 0 Å². The minimum Gasteiger partial charge on any atom is -0.497 e. The summed E-state index contributed by atoms with van der Waals surface area (Å²) in [6, 6.07) is 21.6. The summed E-state index contributed by atoms with van der Waals surface area (Å²) in [5.41, 5.74) is 1.70. The number of hydrogen-bond donors (Lipinski definition) is 1. The summed E-state index contributed by atoms with van der Waals surface area (Å²) in [5, 5.41) is 3.48. The van der Waals surface area contributed by atoms with Gasteiger partial charge in [0.15, 0.2) is 12.4 Å². The number of halogens is 1. The first-order valence-corrected chi connectivity index (χ1v) is 10.8. The number of hydrogen-bond acceptors (Lipinski definition) is 5. The van der Waals surface area contributed by atoms with E-state index in [1.54, 1.807) is 43.5 Å². The summed E-state index contributed by atoms with van der Waals surface area (Å²) < 4.78 is 16.9. The van der Waals surface area contributed by atoms with E-state index in [0.29, 0.717) is 34.9 Å². The van der Waals surface area contributed by atoms with Gasteiger partial charge in [-0.25, -0.2) is 0 Å². The summed E-state index contributed by atoms with van der Waals surface area (Å²) in [6.07, 6.45) is 0.695. The van der Waals surface area contributed by atoms with E-state index in [1.165, 1.54) is 6.07 Å². The molecule has 0 bridgehead atoms. The Morgan fingerprint density at radius 1 is 1.03 bits per heavy atom. The number of rotatable bonds is 8. The first-order valence-electron chi connectivity index (χ1n) is 10.4. The van der Waals surface area contributed by atoms with Crippen molar-refractivity contribution in [3.05, 3.63) is 93.6 Å². The number of carbonyl (C=O) groups is 1. The van der Waals surface area contributed by atoms with Crippen molar-refractivity contribution in [1.82, 2.24) is 5.32 Å². The molecule has 0 spiro atoms. The molecule has 0 aliphatic heterocycles. The van der Waals surface area contributed by atoms with Gasteiger partial charge in [-0.05, 0) is 54.4 Å². The van der Waals surface area contributed by atoms with Crippen LogP contribution in [0.4, 0.5) is 0 Å². The summed E-state index contributed by atoms with van der Waals surface area (Å²) in [7, 11) is 1.57. The molecule has 0 saturated heterocycles. The average Bonchev–Trinajstić information content (AvgIpc) is 2.84. The van der Waals surface area contributed by atoms with Crippen molar-refractivity contribution in [1.29, 1.82) is 0 Å². The van der Waals surface area contributed by atoms with Gasteiger partial charge < -0.3 is 19.2 Å². The van der Waals surface area contributed by atoms with E-state index in [-0.39, 0.29) is 29.4 Å². The summed E-state index contributed by atoms with van der Waals surface area (Å²) >= 11 is 6.07. The number of nitrogens with one attached hydrogen (secondary N) is 1. The number of amides is 1. The quantitative estimate of drug-likeness (QED) is 0.404. The highest BCUT2D eigenvalue weighted by Crippen LogP contribution is 2.32. The predicted octanol–water partition coefficient (Wildman–Crippen LogP) is 4.86. The van der Waals surface area contributed by atoms with Crippen molar-refractivity contribution in [2.45, 2.75) is 6.42 Å². The second-order valence-electron chi connectivity index (χ2n) is 7.33. The highest BCUT2D eigenvalue weighted by molar-refractivity contribution is 6.31. The van der Waals surface area contributed by atoms with E-state index in [9.17, 15) is 9.59 Å². The maximum absolute atomic E-state index is 13.2. The summed E-state index contributed by atoms with van der Waals surface area (Å²) in [5.74, 6) is 0.508. The molecule has 0 fully saturated rings. The zero-order valence-electron chi connectivity index (χ0n) is 18.0. The monoisotopic (exact) mass is 463 g/mol. The van der Waals surface area contributed by atoms with Crippen LogP contribution in [-0.2, 0) is 11.2 Å². The van der Waals surface area contributed by atoms with Gasteiger partial charge in [-0.3, -0.25) is 9.59 Å². The van der Waals surface area contributed by atoms with E-state index in [2.05, 4.69) is 5.32 Å². The molecule has 0 aliphatic carbocycles. The Balaban J connectivity index is 1.57. The Morgan fingerprint density at radius 2 is 1.79 bits per heavy atom. The topological polar surface area (TPSA) is 77.8 Å². The van der Waals surface area contributed by atoms with Crippen LogP contribution in [0, 0.1) is 0 Å². The first-order chi connectivity index (χ1) is 16.0.